The van der Waals surface area contributed by atoms with Crippen LogP contribution in [0.4, 0.5) is 17.6 Å². The molecule has 0 saturated carbocycles. The lowest BCUT2D eigenvalue weighted by molar-refractivity contribution is -0.205. The molecule has 84 valence electrons. The van der Waals surface area contributed by atoms with Crippen LogP contribution in [-0.4, -0.2) is 30.5 Å². The molecule has 0 aromatic rings. The summed E-state index contributed by atoms with van der Waals surface area (Å²) in [5.74, 6) is -1.63. The SMILES string of the molecule is O=S1(=O)CC(C(F)(F)Cl)(C(F)(F)Cl)O1. The lowest BCUT2D eigenvalue weighted by Crippen LogP contribution is -2.69. The Morgan fingerprint density at radius 1 is 1.14 bits per heavy atom. The molecule has 0 radical (unpaired) electrons. The summed E-state index contributed by atoms with van der Waals surface area (Å²) in [6.07, 6.45) is 0. The van der Waals surface area contributed by atoms with Crippen LogP contribution in [0.2, 0.25) is 0 Å². The van der Waals surface area contributed by atoms with Gasteiger partial charge in [0.2, 0.25) is 0 Å². The predicted octanol–water partition coefficient (Wildman–Crippen LogP) is 1.75. The fourth-order valence-electron chi connectivity index (χ4n) is 0.878. The van der Waals surface area contributed by atoms with E-state index in [9.17, 15) is 26.0 Å². The van der Waals surface area contributed by atoms with Gasteiger partial charge in [-0.1, -0.05) is 0 Å². The van der Waals surface area contributed by atoms with Gasteiger partial charge in [0.15, 0.2) is 0 Å². The van der Waals surface area contributed by atoms with E-state index in [1.807, 2.05) is 0 Å². The molecule has 1 rings (SSSR count). The highest BCUT2D eigenvalue weighted by molar-refractivity contribution is 7.88. The second-order valence-corrected chi connectivity index (χ2v) is 5.13. The molecule has 0 atom stereocenters. The summed E-state index contributed by atoms with van der Waals surface area (Å²) in [4.78, 5) is 0. The minimum atomic E-state index is -4.58. The molecular formula is C4H2Cl2F4O3S. The number of alkyl halides is 6. The number of hydrogen-bond acceptors (Lipinski definition) is 3. The Balaban J connectivity index is 3.11. The van der Waals surface area contributed by atoms with E-state index in [0.29, 0.717) is 0 Å². The first-order valence-electron chi connectivity index (χ1n) is 2.98. The Hall–Kier alpha value is 0.210. The normalized spacial score (nSPS) is 25.6. The van der Waals surface area contributed by atoms with Gasteiger partial charge in [-0.3, -0.25) is 0 Å². The fourth-order valence-corrected chi connectivity index (χ4v) is 3.11. The van der Waals surface area contributed by atoms with Gasteiger partial charge in [0.25, 0.3) is 15.7 Å². The van der Waals surface area contributed by atoms with Gasteiger partial charge in [-0.15, -0.1) is 0 Å². The lowest BCUT2D eigenvalue weighted by Gasteiger charge is -2.44. The van der Waals surface area contributed by atoms with Gasteiger partial charge in [-0.2, -0.15) is 26.0 Å². The summed E-state index contributed by atoms with van der Waals surface area (Å²) in [5.41, 5.74) is -3.69. The average Bonchev–Trinajstić information content (AvgIpc) is 1.75. The number of rotatable bonds is 2. The molecule has 0 amide bonds. The molecule has 0 unspecified atom stereocenters. The standard InChI is InChI=1S/C4H2Cl2F4O3S/c5-3(7,8)2(4(6,9)10)1-14(11,12)13-2/h1H2. The van der Waals surface area contributed by atoms with Gasteiger partial charge in [-0.05, 0) is 23.2 Å². The molecule has 0 aromatic heterocycles. The highest BCUT2D eigenvalue weighted by atomic mass is 35.5. The van der Waals surface area contributed by atoms with Crippen molar-refractivity contribution in [3.05, 3.63) is 0 Å². The van der Waals surface area contributed by atoms with Crippen molar-refractivity contribution in [3.8, 4) is 0 Å². The minimum absolute atomic E-state index is 1.63. The quantitative estimate of drug-likeness (QED) is 0.438. The van der Waals surface area contributed by atoms with E-state index in [0.717, 1.165) is 0 Å². The minimum Gasteiger partial charge on any atom is -0.246 e. The fraction of sp³-hybridized carbons (Fsp3) is 1.00. The Morgan fingerprint density at radius 2 is 1.43 bits per heavy atom. The molecule has 3 nitrogen and oxygen atoms in total. The van der Waals surface area contributed by atoms with Crippen molar-refractivity contribution in [1.29, 1.82) is 0 Å². The molecule has 10 heteroatoms. The third kappa shape index (κ3) is 1.68. The van der Waals surface area contributed by atoms with Gasteiger partial charge in [0.05, 0.1) is 0 Å². The van der Waals surface area contributed by atoms with Gasteiger partial charge in [0, 0.05) is 0 Å². The summed E-state index contributed by atoms with van der Waals surface area (Å²) in [6.45, 7) is 0. The molecule has 0 bridgehead atoms. The molecule has 0 N–H and O–H groups in total. The third-order valence-electron chi connectivity index (χ3n) is 1.57. The zero-order valence-electron chi connectivity index (χ0n) is 6.11. The van der Waals surface area contributed by atoms with Crippen LogP contribution in [0.15, 0.2) is 0 Å². The second-order valence-electron chi connectivity index (χ2n) is 2.61. The van der Waals surface area contributed by atoms with Crippen molar-refractivity contribution in [2.24, 2.45) is 0 Å². The van der Waals surface area contributed by atoms with Crippen LogP contribution < -0.4 is 0 Å². The third-order valence-corrected chi connectivity index (χ3v) is 3.47. The zero-order chi connectivity index (χ0) is 11.4. The second kappa shape index (κ2) is 2.87. The summed E-state index contributed by atoms with van der Waals surface area (Å²) in [6, 6.07) is 0. The zero-order valence-corrected chi connectivity index (χ0v) is 8.44. The monoisotopic (exact) mass is 276 g/mol. The highest BCUT2D eigenvalue weighted by Gasteiger charge is 2.78. The van der Waals surface area contributed by atoms with E-state index >= 15 is 0 Å². The molecule has 14 heavy (non-hydrogen) atoms. The molecule has 1 aliphatic rings. The van der Waals surface area contributed by atoms with Gasteiger partial charge in [0.1, 0.15) is 5.75 Å². The number of hydrogen-bond donors (Lipinski definition) is 0. The smallest absolute Gasteiger partial charge is 0.246 e. The van der Waals surface area contributed by atoms with E-state index in [1.165, 1.54) is 0 Å². The van der Waals surface area contributed by atoms with Gasteiger partial charge in [-0.25, -0.2) is 4.18 Å². The molecule has 1 fully saturated rings. The summed E-state index contributed by atoms with van der Waals surface area (Å²) >= 11 is 8.63. The van der Waals surface area contributed by atoms with E-state index in [4.69, 9.17) is 0 Å². The topological polar surface area (TPSA) is 43.4 Å². The molecule has 1 aliphatic heterocycles. The van der Waals surface area contributed by atoms with Crippen LogP contribution in [-0.2, 0) is 14.3 Å². The molecule has 0 aliphatic carbocycles. The van der Waals surface area contributed by atoms with Crippen LogP contribution >= 0.6 is 23.2 Å². The van der Waals surface area contributed by atoms with Crippen LogP contribution in [0, 0.1) is 0 Å². The van der Waals surface area contributed by atoms with Crippen molar-refractivity contribution >= 4 is 33.3 Å². The predicted molar refractivity (Wildman–Crippen MR) is 39.2 cm³/mol. The largest absolute Gasteiger partial charge is 0.360 e. The Morgan fingerprint density at radius 3 is 1.50 bits per heavy atom. The van der Waals surface area contributed by atoms with Crippen molar-refractivity contribution in [3.63, 3.8) is 0 Å². The highest BCUT2D eigenvalue weighted by Crippen LogP contribution is 2.54. The lowest BCUT2D eigenvalue weighted by atomic mass is 10.1. The number of halogens is 6. The first kappa shape index (κ1) is 12.3. The first-order chi connectivity index (χ1) is 5.91. The van der Waals surface area contributed by atoms with E-state index in [-0.39, 0.29) is 0 Å². The molecule has 0 aromatic carbocycles. The van der Waals surface area contributed by atoms with Crippen LogP contribution in [0.5, 0.6) is 0 Å². The maximum atomic E-state index is 12.5. The summed E-state index contributed by atoms with van der Waals surface area (Å²) in [7, 11) is -4.38. The Kier molecular flexibility index (Phi) is 2.51. The molecule has 1 heterocycles. The van der Waals surface area contributed by atoms with Crippen molar-refractivity contribution in [1.82, 2.24) is 0 Å². The van der Waals surface area contributed by atoms with Crippen molar-refractivity contribution in [2.45, 2.75) is 16.4 Å². The maximum Gasteiger partial charge on any atom is 0.360 e. The van der Waals surface area contributed by atoms with Crippen LogP contribution in [0.25, 0.3) is 0 Å². The summed E-state index contributed by atoms with van der Waals surface area (Å²) < 4.78 is 74.1. The van der Waals surface area contributed by atoms with Crippen LogP contribution in [0.1, 0.15) is 0 Å². The molecule has 0 spiro atoms. The van der Waals surface area contributed by atoms with E-state index in [1.54, 1.807) is 0 Å². The maximum absolute atomic E-state index is 12.5. The van der Waals surface area contributed by atoms with Crippen molar-refractivity contribution < 1.29 is 30.2 Å². The molecule has 1 saturated heterocycles. The van der Waals surface area contributed by atoms with Gasteiger partial charge < -0.3 is 0 Å². The summed E-state index contributed by atoms with van der Waals surface area (Å²) in [5, 5.41) is -9.16. The Labute approximate surface area is 86.0 Å². The average molecular weight is 277 g/mol. The van der Waals surface area contributed by atoms with E-state index < -0.39 is 32.2 Å². The Bertz CT molecular complexity index is 315. The van der Waals surface area contributed by atoms with Crippen LogP contribution in [0.3, 0.4) is 0 Å². The van der Waals surface area contributed by atoms with Crippen molar-refractivity contribution in [2.75, 3.05) is 5.75 Å². The first-order valence-corrected chi connectivity index (χ1v) is 5.31. The van der Waals surface area contributed by atoms with Gasteiger partial charge >= 0.3 is 10.8 Å². The van der Waals surface area contributed by atoms with E-state index in [2.05, 4.69) is 27.4 Å². The molecular weight excluding hydrogens is 275 g/mol.